The molecule has 0 atom stereocenters. The van der Waals surface area contributed by atoms with E-state index < -0.39 is 0 Å². The predicted molar refractivity (Wildman–Crippen MR) is 130 cm³/mol. The SMILES string of the molecule is CCCCc1cc(OC2CCN(CCC3CCN(C(C)=O)CC3)CC2)c2ncccc2c1. The zero-order valence-corrected chi connectivity index (χ0v) is 19.9. The molecule has 0 N–H and O–H groups in total. The number of hydrogen-bond acceptors (Lipinski definition) is 4. The monoisotopic (exact) mass is 437 g/mol. The number of aromatic nitrogens is 1. The highest BCUT2D eigenvalue weighted by Gasteiger charge is 2.24. The first kappa shape index (κ1) is 23.0. The lowest BCUT2D eigenvalue weighted by Crippen LogP contribution is -2.40. The highest BCUT2D eigenvalue weighted by Crippen LogP contribution is 2.29. The second-order valence-electron chi connectivity index (χ2n) is 9.67. The minimum atomic E-state index is 0.226. The van der Waals surface area contributed by atoms with Crippen LogP contribution in [-0.2, 0) is 11.2 Å². The second-order valence-corrected chi connectivity index (χ2v) is 9.67. The normalized spacial score (nSPS) is 18.9. The topological polar surface area (TPSA) is 45.7 Å². The van der Waals surface area contributed by atoms with Gasteiger partial charge >= 0.3 is 0 Å². The molecule has 0 aliphatic carbocycles. The molecule has 2 saturated heterocycles. The number of carbonyl (C=O) groups excluding carboxylic acids is 1. The maximum atomic E-state index is 11.5. The lowest BCUT2D eigenvalue weighted by Gasteiger charge is -2.35. The Morgan fingerprint density at radius 3 is 2.62 bits per heavy atom. The van der Waals surface area contributed by atoms with Gasteiger partial charge in [-0.1, -0.05) is 19.4 Å². The van der Waals surface area contributed by atoms with Gasteiger partial charge in [0.25, 0.3) is 0 Å². The van der Waals surface area contributed by atoms with E-state index in [0.29, 0.717) is 0 Å². The number of ether oxygens (including phenoxy) is 1. The molecule has 4 rings (SSSR count). The minimum absolute atomic E-state index is 0.226. The Bertz CT molecular complexity index is 884. The van der Waals surface area contributed by atoms with Crippen LogP contribution in [0.1, 0.15) is 64.4 Å². The van der Waals surface area contributed by atoms with Crippen LogP contribution >= 0.6 is 0 Å². The Labute approximate surface area is 193 Å². The van der Waals surface area contributed by atoms with E-state index in [1.807, 2.05) is 17.2 Å². The first-order valence-corrected chi connectivity index (χ1v) is 12.6. The predicted octanol–water partition coefficient (Wildman–Crippen LogP) is 5.07. The van der Waals surface area contributed by atoms with Gasteiger partial charge in [-0.2, -0.15) is 0 Å². The van der Waals surface area contributed by atoms with E-state index >= 15 is 0 Å². The number of unbranched alkanes of at least 4 members (excludes halogenated alkanes) is 1. The summed E-state index contributed by atoms with van der Waals surface area (Å²) in [5, 5.41) is 1.18. The summed E-state index contributed by atoms with van der Waals surface area (Å²) >= 11 is 0. The molecule has 0 saturated carbocycles. The number of piperidine rings is 2. The first-order chi connectivity index (χ1) is 15.6. The lowest BCUT2D eigenvalue weighted by molar-refractivity contribution is -0.130. The van der Waals surface area contributed by atoms with Gasteiger partial charge < -0.3 is 14.5 Å². The Kier molecular flexibility index (Phi) is 8.01. The van der Waals surface area contributed by atoms with Gasteiger partial charge in [-0.15, -0.1) is 0 Å². The number of pyridine rings is 1. The van der Waals surface area contributed by atoms with Crippen LogP contribution in [0, 0.1) is 5.92 Å². The molecule has 174 valence electrons. The number of nitrogens with zero attached hydrogens (tertiary/aromatic N) is 3. The van der Waals surface area contributed by atoms with Gasteiger partial charge in [0.05, 0.1) is 0 Å². The fourth-order valence-corrected chi connectivity index (χ4v) is 5.17. The van der Waals surface area contributed by atoms with Crippen molar-refractivity contribution in [3.8, 4) is 5.75 Å². The van der Waals surface area contributed by atoms with Crippen molar-refractivity contribution in [2.24, 2.45) is 5.92 Å². The van der Waals surface area contributed by atoms with Crippen molar-refractivity contribution >= 4 is 16.8 Å². The minimum Gasteiger partial charge on any atom is -0.488 e. The Balaban J connectivity index is 1.27. The van der Waals surface area contributed by atoms with Crippen LogP contribution < -0.4 is 4.74 Å². The molecule has 2 aromatic rings. The van der Waals surface area contributed by atoms with Crippen LogP contribution in [0.2, 0.25) is 0 Å². The van der Waals surface area contributed by atoms with E-state index in [1.54, 1.807) is 6.92 Å². The number of aryl methyl sites for hydroxylation is 1. The van der Waals surface area contributed by atoms with Crippen LogP contribution in [0.5, 0.6) is 5.75 Å². The summed E-state index contributed by atoms with van der Waals surface area (Å²) in [6.45, 7) is 9.20. The molecule has 5 heteroatoms. The van der Waals surface area contributed by atoms with Gasteiger partial charge in [-0.3, -0.25) is 9.78 Å². The first-order valence-electron chi connectivity index (χ1n) is 12.6. The zero-order chi connectivity index (χ0) is 22.3. The maximum Gasteiger partial charge on any atom is 0.219 e. The number of hydrogen-bond donors (Lipinski definition) is 0. The summed E-state index contributed by atoms with van der Waals surface area (Å²) < 4.78 is 6.54. The van der Waals surface area contributed by atoms with Gasteiger partial charge in [0.2, 0.25) is 5.91 Å². The van der Waals surface area contributed by atoms with Crippen LogP contribution in [0.25, 0.3) is 10.9 Å². The van der Waals surface area contributed by atoms with Crippen molar-refractivity contribution in [2.45, 2.75) is 71.3 Å². The molecule has 2 aliphatic heterocycles. The van der Waals surface area contributed by atoms with Crippen molar-refractivity contribution in [2.75, 3.05) is 32.7 Å². The lowest BCUT2D eigenvalue weighted by atomic mass is 9.93. The highest BCUT2D eigenvalue weighted by molar-refractivity contribution is 5.85. The van der Waals surface area contributed by atoms with Crippen LogP contribution in [0.4, 0.5) is 0 Å². The maximum absolute atomic E-state index is 11.5. The molecule has 0 bridgehead atoms. The van der Waals surface area contributed by atoms with E-state index in [9.17, 15) is 4.79 Å². The van der Waals surface area contributed by atoms with Crippen LogP contribution in [0.15, 0.2) is 30.5 Å². The molecular weight excluding hydrogens is 398 g/mol. The van der Waals surface area contributed by atoms with E-state index in [0.717, 1.165) is 75.5 Å². The van der Waals surface area contributed by atoms with Gasteiger partial charge in [-0.25, -0.2) is 0 Å². The third kappa shape index (κ3) is 6.00. The van der Waals surface area contributed by atoms with Crippen molar-refractivity contribution in [1.29, 1.82) is 0 Å². The number of benzene rings is 1. The molecule has 2 aliphatic rings. The van der Waals surface area contributed by atoms with Gasteiger partial charge in [0.1, 0.15) is 17.4 Å². The standard InChI is InChI=1S/C27H39N3O2/c1-3-4-6-23-19-24-7-5-13-28-27(24)26(20-23)32-25-11-15-29(16-12-25)14-8-22-9-17-30(18-10-22)21(2)31/h5,7,13,19-20,22,25H,3-4,6,8-12,14-18H2,1-2H3. The molecule has 0 spiro atoms. The fourth-order valence-electron chi connectivity index (χ4n) is 5.17. The average molecular weight is 438 g/mol. The van der Waals surface area contributed by atoms with E-state index in [4.69, 9.17) is 4.74 Å². The summed E-state index contributed by atoms with van der Waals surface area (Å²) in [4.78, 5) is 20.7. The molecule has 0 radical (unpaired) electrons. The third-order valence-electron chi connectivity index (χ3n) is 7.29. The Hall–Kier alpha value is -2.14. The number of amides is 1. The van der Waals surface area contributed by atoms with Crippen LogP contribution in [-0.4, -0.2) is 59.5 Å². The molecule has 0 unspecified atom stereocenters. The quantitative estimate of drug-likeness (QED) is 0.578. The highest BCUT2D eigenvalue weighted by atomic mass is 16.5. The molecule has 1 aromatic heterocycles. The smallest absolute Gasteiger partial charge is 0.219 e. The Morgan fingerprint density at radius 2 is 1.91 bits per heavy atom. The zero-order valence-electron chi connectivity index (χ0n) is 19.9. The third-order valence-corrected chi connectivity index (χ3v) is 7.29. The Morgan fingerprint density at radius 1 is 1.12 bits per heavy atom. The summed E-state index contributed by atoms with van der Waals surface area (Å²) in [5.74, 6) is 1.96. The molecule has 5 nitrogen and oxygen atoms in total. The second kappa shape index (κ2) is 11.1. The molecule has 3 heterocycles. The van der Waals surface area contributed by atoms with E-state index in [1.165, 1.54) is 36.8 Å². The molecule has 2 fully saturated rings. The van der Waals surface area contributed by atoms with Crippen molar-refractivity contribution in [3.63, 3.8) is 0 Å². The van der Waals surface area contributed by atoms with Crippen molar-refractivity contribution < 1.29 is 9.53 Å². The van der Waals surface area contributed by atoms with E-state index in [-0.39, 0.29) is 12.0 Å². The number of rotatable bonds is 8. The van der Waals surface area contributed by atoms with Gasteiger partial charge in [-0.05, 0) is 81.2 Å². The fraction of sp³-hybridized carbons (Fsp3) is 0.630. The largest absolute Gasteiger partial charge is 0.488 e. The van der Waals surface area contributed by atoms with E-state index in [2.05, 4.69) is 35.0 Å². The average Bonchev–Trinajstić information content (AvgIpc) is 2.82. The number of likely N-dealkylation sites (tertiary alicyclic amines) is 2. The van der Waals surface area contributed by atoms with Crippen LogP contribution in [0.3, 0.4) is 0 Å². The summed E-state index contributed by atoms with van der Waals surface area (Å²) in [7, 11) is 0. The molecular formula is C27H39N3O2. The number of fused-ring (bicyclic) bond motifs is 1. The molecule has 32 heavy (non-hydrogen) atoms. The summed E-state index contributed by atoms with van der Waals surface area (Å²) in [6, 6.07) is 8.66. The summed E-state index contributed by atoms with van der Waals surface area (Å²) in [6.07, 6.45) is 11.4. The molecule has 1 amide bonds. The van der Waals surface area contributed by atoms with Gasteiger partial charge in [0, 0.05) is 44.7 Å². The number of carbonyl (C=O) groups is 1. The van der Waals surface area contributed by atoms with Crippen molar-refractivity contribution in [1.82, 2.24) is 14.8 Å². The van der Waals surface area contributed by atoms with Gasteiger partial charge in [0.15, 0.2) is 0 Å². The summed E-state index contributed by atoms with van der Waals surface area (Å²) in [5.41, 5.74) is 2.35. The van der Waals surface area contributed by atoms with Crippen molar-refractivity contribution in [3.05, 3.63) is 36.0 Å². The molecule has 1 aromatic carbocycles.